The second-order valence-corrected chi connectivity index (χ2v) is 2.75. The van der Waals surface area contributed by atoms with E-state index < -0.39 is 11.7 Å². The number of halogens is 3. The van der Waals surface area contributed by atoms with E-state index in [1.807, 2.05) is 0 Å². The highest BCUT2D eigenvalue weighted by Crippen LogP contribution is 2.29. The Kier molecular flexibility index (Phi) is 3.52. The maximum absolute atomic E-state index is 12.2. The first-order valence-electron chi connectivity index (χ1n) is 4.07. The molecule has 0 aliphatic heterocycles. The van der Waals surface area contributed by atoms with Gasteiger partial charge in [0.2, 0.25) is 0 Å². The van der Waals surface area contributed by atoms with Gasteiger partial charge in [0, 0.05) is 6.61 Å². The highest BCUT2D eigenvalue weighted by atomic mass is 19.4. The zero-order valence-corrected chi connectivity index (χ0v) is 7.47. The third kappa shape index (κ3) is 3.03. The summed E-state index contributed by atoms with van der Waals surface area (Å²) >= 11 is 0. The van der Waals surface area contributed by atoms with Crippen molar-refractivity contribution in [3.05, 3.63) is 42.3 Å². The number of rotatable bonds is 3. The van der Waals surface area contributed by atoms with Crippen LogP contribution in [0.4, 0.5) is 13.2 Å². The van der Waals surface area contributed by atoms with Crippen LogP contribution in [0, 0.1) is 6.92 Å². The molecule has 1 aromatic carbocycles. The fraction of sp³-hybridized carbons (Fsp3) is 0.300. The van der Waals surface area contributed by atoms with Crippen molar-refractivity contribution >= 4 is 0 Å². The van der Waals surface area contributed by atoms with Crippen LogP contribution in [-0.4, -0.2) is 6.61 Å². The minimum absolute atomic E-state index is 0.160. The summed E-state index contributed by atoms with van der Waals surface area (Å²) in [6.07, 6.45) is -4.29. The molecule has 0 heterocycles. The van der Waals surface area contributed by atoms with Crippen LogP contribution < -0.4 is 0 Å². The predicted octanol–water partition coefficient (Wildman–Crippen LogP) is 3.06. The van der Waals surface area contributed by atoms with Crippen molar-refractivity contribution in [3.63, 3.8) is 0 Å². The van der Waals surface area contributed by atoms with Crippen molar-refractivity contribution in [3.8, 4) is 0 Å². The second-order valence-electron chi connectivity index (χ2n) is 2.75. The smallest absolute Gasteiger partial charge is 0.377 e. The third-order valence-electron chi connectivity index (χ3n) is 1.67. The lowest BCUT2D eigenvalue weighted by molar-refractivity contribution is -0.137. The van der Waals surface area contributed by atoms with Gasteiger partial charge in [0.15, 0.2) is 0 Å². The van der Waals surface area contributed by atoms with E-state index in [0.717, 1.165) is 12.1 Å². The number of hydrogen-bond acceptors (Lipinski definition) is 1. The molecule has 0 fully saturated rings. The van der Waals surface area contributed by atoms with Gasteiger partial charge in [-0.05, 0) is 24.6 Å². The summed E-state index contributed by atoms with van der Waals surface area (Å²) in [7, 11) is 0. The van der Waals surface area contributed by atoms with E-state index in [2.05, 4.69) is 6.92 Å². The lowest BCUT2D eigenvalue weighted by Crippen LogP contribution is -2.05. The summed E-state index contributed by atoms with van der Waals surface area (Å²) in [5.41, 5.74) is -0.147. The van der Waals surface area contributed by atoms with Crippen molar-refractivity contribution in [1.29, 1.82) is 0 Å². The summed E-state index contributed by atoms with van der Waals surface area (Å²) in [6.45, 7) is 3.83. The van der Waals surface area contributed by atoms with E-state index in [-0.39, 0.29) is 13.2 Å². The SMILES string of the molecule is [CH2]COCc1cccc(C(F)(F)F)c1. The van der Waals surface area contributed by atoms with Crippen LogP contribution in [0.15, 0.2) is 24.3 Å². The molecule has 1 rings (SSSR count). The molecule has 0 saturated carbocycles. The lowest BCUT2D eigenvalue weighted by Gasteiger charge is -2.08. The van der Waals surface area contributed by atoms with Gasteiger partial charge in [-0.15, -0.1) is 0 Å². The Labute approximate surface area is 80.5 Å². The first kappa shape index (κ1) is 11.0. The Morgan fingerprint density at radius 3 is 2.57 bits per heavy atom. The van der Waals surface area contributed by atoms with Crippen molar-refractivity contribution in [2.24, 2.45) is 0 Å². The Balaban J connectivity index is 2.79. The van der Waals surface area contributed by atoms with E-state index in [4.69, 9.17) is 4.74 Å². The van der Waals surface area contributed by atoms with Crippen LogP contribution in [0.3, 0.4) is 0 Å². The van der Waals surface area contributed by atoms with E-state index >= 15 is 0 Å². The number of benzene rings is 1. The van der Waals surface area contributed by atoms with Crippen LogP contribution in [0.2, 0.25) is 0 Å². The molecule has 14 heavy (non-hydrogen) atoms. The van der Waals surface area contributed by atoms with Crippen LogP contribution in [0.1, 0.15) is 11.1 Å². The molecule has 0 saturated heterocycles. The molecule has 0 bridgehead atoms. The molecular formula is C10H10F3O. The Hall–Kier alpha value is -1.03. The molecule has 0 atom stereocenters. The van der Waals surface area contributed by atoms with Gasteiger partial charge in [0.05, 0.1) is 12.2 Å². The summed E-state index contributed by atoms with van der Waals surface area (Å²) < 4.78 is 41.6. The molecule has 4 heteroatoms. The fourth-order valence-corrected chi connectivity index (χ4v) is 1.03. The van der Waals surface area contributed by atoms with Crippen molar-refractivity contribution < 1.29 is 17.9 Å². The molecule has 1 aromatic rings. The van der Waals surface area contributed by atoms with Gasteiger partial charge in [-0.25, -0.2) is 0 Å². The van der Waals surface area contributed by atoms with Crippen LogP contribution in [0.5, 0.6) is 0 Å². The van der Waals surface area contributed by atoms with Gasteiger partial charge in [0.25, 0.3) is 0 Å². The predicted molar refractivity (Wildman–Crippen MR) is 46.5 cm³/mol. The van der Waals surface area contributed by atoms with Gasteiger partial charge in [0.1, 0.15) is 0 Å². The largest absolute Gasteiger partial charge is 0.416 e. The van der Waals surface area contributed by atoms with E-state index in [0.29, 0.717) is 5.56 Å². The van der Waals surface area contributed by atoms with Gasteiger partial charge < -0.3 is 4.74 Å². The molecule has 0 aliphatic rings. The second kappa shape index (κ2) is 4.46. The van der Waals surface area contributed by atoms with Gasteiger partial charge in [-0.3, -0.25) is 0 Å². The number of ether oxygens (including phenoxy) is 1. The van der Waals surface area contributed by atoms with Crippen molar-refractivity contribution in [2.75, 3.05) is 6.61 Å². The molecule has 0 unspecified atom stereocenters. The minimum Gasteiger partial charge on any atom is -0.377 e. The van der Waals surface area contributed by atoms with Crippen molar-refractivity contribution in [2.45, 2.75) is 12.8 Å². The fourth-order valence-electron chi connectivity index (χ4n) is 1.03. The summed E-state index contributed by atoms with van der Waals surface area (Å²) in [4.78, 5) is 0. The first-order valence-corrected chi connectivity index (χ1v) is 4.07. The summed E-state index contributed by atoms with van der Waals surface area (Å²) in [5.74, 6) is 0. The minimum atomic E-state index is -4.29. The maximum Gasteiger partial charge on any atom is 0.416 e. The molecule has 1 nitrogen and oxygen atoms in total. The number of hydrogen-bond donors (Lipinski definition) is 0. The molecule has 77 valence electrons. The van der Waals surface area contributed by atoms with Gasteiger partial charge in [-0.1, -0.05) is 12.1 Å². The van der Waals surface area contributed by atoms with Gasteiger partial charge >= 0.3 is 6.18 Å². The molecule has 0 aromatic heterocycles. The van der Waals surface area contributed by atoms with Crippen LogP contribution in [-0.2, 0) is 17.5 Å². The Morgan fingerprint density at radius 2 is 2.00 bits per heavy atom. The first-order chi connectivity index (χ1) is 6.54. The van der Waals surface area contributed by atoms with Crippen LogP contribution >= 0.6 is 0 Å². The molecule has 0 N–H and O–H groups in total. The average Bonchev–Trinajstić information content (AvgIpc) is 2.14. The zero-order chi connectivity index (χ0) is 10.6. The van der Waals surface area contributed by atoms with Gasteiger partial charge in [-0.2, -0.15) is 13.2 Å². The van der Waals surface area contributed by atoms with E-state index in [1.54, 1.807) is 6.07 Å². The summed E-state index contributed by atoms with van der Waals surface area (Å²) in [5, 5.41) is 0. The zero-order valence-electron chi connectivity index (χ0n) is 7.47. The summed E-state index contributed by atoms with van der Waals surface area (Å²) in [6, 6.07) is 5.07. The van der Waals surface area contributed by atoms with Crippen LogP contribution in [0.25, 0.3) is 0 Å². The third-order valence-corrected chi connectivity index (χ3v) is 1.67. The highest BCUT2D eigenvalue weighted by Gasteiger charge is 2.30. The van der Waals surface area contributed by atoms with E-state index in [1.165, 1.54) is 6.07 Å². The monoisotopic (exact) mass is 203 g/mol. The quantitative estimate of drug-likeness (QED) is 0.733. The topological polar surface area (TPSA) is 9.23 Å². The molecule has 0 spiro atoms. The Bertz CT molecular complexity index is 294. The maximum atomic E-state index is 12.2. The van der Waals surface area contributed by atoms with E-state index in [9.17, 15) is 13.2 Å². The Morgan fingerprint density at radius 1 is 1.29 bits per heavy atom. The lowest BCUT2D eigenvalue weighted by atomic mass is 10.1. The highest BCUT2D eigenvalue weighted by molar-refractivity contribution is 5.25. The molecular weight excluding hydrogens is 193 g/mol. The number of alkyl halides is 3. The normalized spacial score (nSPS) is 11.7. The average molecular weight is 203 g/mol. The van der Waals surface area contributed by atoms with Crippen molar-refractivity contribution in [1.82, 2.24) is 0 Å². The molecule has 1 radical (unpaired) electrons. The molecule has 0 aliphatic carbocycles. The standard InChI is InChI=1S/C10H10F3O/c1-2-14-7-8-4-3-5-9(6-8)10(11,12)13/h3-6H,1-2,7H2. The molecule has 0 amide bonds.